The monoisotopic (exact) mass is 303 g/mol. The number of hydrogen-bond donors (Lipinski definition) is 0. The van der Waals surface area contributed by atoms with E-state index in [1.54, 1.807) is 7.05 Å². The molecule has 3 aliphatic carbocycles. The van der Waals surface area contributed by atoms with E-state index in [0.717, 1.165) is 0 Å². The van der Waals surface area contributed by atoms with Crippen molar-refractivity contribution in [3.63, 3.8) is 0 Å². The fourth-order valence-corrected chi connectivity index (χ4v) is 5.30. The van der Waals surface area contributed by atoms with E-state index in [1.165, 1.54) is 27.2 Å². The molecule has 2 bridgehead atoms. The second kappa shape index (κ2) is 3.91. The fourth-order valence-electron chi connectivity index (χ4n) is 5.30. The highest BCUT2D eigenvalue weighted by Gasteiger charge is 2.65. The van der Waals surface area contributed by atoms with Crippen LogP contribution in [0.3, 0.4) is 0 Å². The lowest BCUT2D eigenvalue weighted by Gasteiger charge is -2.52. The Morgan fingerprint density at radius 3 is 1.96 bits per heavy atom. The van der Waals surface area contributed by atoms with E-state index < -0.39 is 5.41 Å². The molecule has 6 rings (SSSR count). The Morgan fingerprint density at radius 1 is 0.870 bits per heavy atom. The first-order valence-electron chi connectivity index (χ1n) is 8.07. The quantitative estimate of drug-likeness (QED) is 0.702. The molecule has 3 nitrogen and oxygen atoms in total. The van der Waals surface area contributed by atoms with E-state index in [2.05, 4.69) is 31.2 Å². The van der Waals surface area contributed by atoms with Gasteiger partial charge in [-0.05, 0) is 22.3 Å². The standard InChI is InChI=1S/C20H17NO2/c1-20-13-9-5-3-7-11(13)15(12-8-4-6-10-14(12)20)16-17(20)19(23)21(2)18(16)22/h3-10,15-17H,1-2H3/t15?,16-,17+,20?/m1/s1. The van der Waals surface area contributed by atoms with Crippen LogP contribution in [0.2, 0.25) is 0 Å². The average molecular weight is 303 g/mol. The summed E-state index contributed by atoms with van der Waals surface area (Å²) in [4.78, 5) is 27.0. The van der Waals surface area contributed by atoms with Crippen molar-refractivity contribution in [1.29, 1.82) is 0 Å². The lowest BCUT2D eigenvalue weighted by atomic mass is 9.48. The van der Waals surface area contributed by atoms with Gasteiger partial charge in [-0.3, -0.25) is 14.5 Å². The summed E-state index contributed by atoms with van der Waals surface area (Å²) in [5.74, 6) is -0.607. The molecule has 2 amide bonds. The van der Waals surface area contributed by atoms with Crippen molar-refractivity contribution in [1.82, 2.24) is 4.90 Å². The summed E-state index contributed by atoms with van der Waals surface area (Å²) < 4.78 is 0. The molecule has 0 unspecified atom stereocenters. The van der Waals surface area contributed by atoms with Gasteiger partial charge in [-0.1, -0.05) is 55.5 Å². The molecule has 23 heavy (non-hydrogen) atoms. The minimum absolute atomic E-state index is 0.00405. The zero-order valence-electron chi connectivity index (χ0n) is 13.1. The Kier molecular flexibility index (Phi) is 2.22. The molecule has 3 heteroatoms. The summed E-state index contributed by atoms with van der Waals surface area (Å²) >= 11 is 0. The Labute approximate surface area is 134 Å². The summed E-state index contributed by atoms with van der Waals surface area (Å²) in [7, 11) is 1.63. The van der Waals surface area contributed by atoms with Crippen LogP contribution in [0.4, 0.5) is 0 Å². The highest BCUT2D eigenvalue weighted by atomic mass is 16.2. The highest BCUT2D eigenvalue weighted by molar-refractivity contribution is 6.08. The summed E-state index contributed by atoms with van der Waals surface area (Å²) in [6, 6.07) is 16.6. The van der Waals surface area contributed by atoms with Crippen molar-refractivity contribution >= 4 is 11.8 Å². The van der Waals surface area contributed by atoms with Crippen LogP contribution < -0.4 is 0 Å². The molecule has 0 radical (unpaired) electrons. The van der Waals surface area contributed by atoms with Crippen LogP contribution in [0, 0.1) is 11.8 Å². The molecule has 1 fully saturated rings. The first kappa shape index (κ1) is 13.1. The van der Waals surface area contributed by atoms with Crippen molar-refractivity contribution in [3.05, 3.63) is 70.8 Å². The van der Waals surface area contributed by atoms with Crippen molar-refractivity contribution in [3.8, 4) is 0 Å². The number of benzene rings is 2. The topological polar surface area (TPSA) is 37.4 Å². The number of carbonyl (C=O) groups excluding carboxylic acids is 2. The SMILES string of the molecule is CN1C(=O)[C@@H]2C3c4ccccc4C(C)(c4ccccc43)[C@@H]2C1=O. The summed E-state index contributed by atoms with van der Waals surface area (Å²) in [5, 5.41) is 0. The van der Waals surface area contributed by atoms with Crippen LogP contribution in [0.15, 0.2) is 48.5 Å². The molecule has 0 saturated carbocycles. The molecular weight excluding hydrogens is 286 g/mol. The van der Waals surface area contributed by atoms with Gasteiger partial charge in [-0.25, -0.2) is 0 Å². The maximum absolute atomic E-state index is 12.9. The summed E-state index contributed by atoms with van der Waals surface area (Å²) in [6.07, 6.45) is 0. The third-order valence-electron chi connectivity index (χ3n) is 6.26. The Balaban J connectivity index is 1.92. The molecule has 1 heterocycles. The van der Waals surface area contributed by atoms with Gasteiger partial charge in [-0.2, -0.15) is 0 Å². The Morgan fingerprint density at radius 2 is 1.39 bits per heavy atom. The number of carbonyl (C=O) groups is 2. The number of nitrogens with zero attached hydrogens (tertiary/aromatic N) is 1. The minimum atomic E-state index is -0.426. The van der Waals surface area contributed by atoms with Crippen LogP contribution in [0.25, 0.3) is 0 Å². The largest absolute Gasteiger partial charge is 0.285 e. The van der Waals surface area contributed by atoms with Crippen LogP contribution >= 0.6 is 0 Å². The summed E-state index contributed by atoms with van der Waals surface area (Å²) in [5.41, 5.74) is 4.42. The molecule has 4 aliphatic rings. The smallest absolute Gasteiger partial charge is 0.234 e. The molecule has 2 aromatic carbocycles. The number of likely N-dealkylation sites (tertiary alicyclic amines) is 1. The zero-order valence-corrected chi connectivity index (χ0v) is 13.1. The summed E-state index contributed by atoms with van der Waals surface area (Å²) in [6.45, 7) is 2.14. The van der Waals surface area contributed by atoms with Gasteiger partial charge in [0.05, 0.1) is 11.8 Å². The number of hydrogen-bond acceptors (Lipinski definition) is 2. The van der Waals surface area contributed by atoms with E-state index in [9.17, 15) is 9.59 Å². The van der Waals surface area contributed by atoms with Crippen molar-refractivity contribution in [2.24, 2.45) is 11.8 Å². The molecule has 114 valence electrons. The van der Waals surface area contributed by atoms with E-state index in [4.69, 9.17) is 0 Å². The van der Waals surface area contributed by atoms with Crippen molar-refractivity contribution < 1.29 is 9.59 Å². The van der Waals surface area contributed by atoms with Crippen molar-refractivity contribution in [2.75, 3.05) is 7.05 Å². The molecule has 0 spiro atoms. The van der Waals surface area contributed by atoms with E-state index in [-0.39, 0.29) is 29.6 Å². The van der Waals surface area contributed by atoms with Gasteiger partial charge >= 0.3 is 0 Å². The second-order valence-corrected chi connectivity index (χ2v) is 7.09. The first-order chi connectivity index (χ1) is 11.1. The van der Waals surface area contributed by atoms with E-state index in [0.29, 0.717) is 0 Å². The molecular formula is C20H17NO2. The van der Waals surface area contributed by atoms with Crippen LogP contribution in [0.5, 0.6) is 0 Å². The van der Waals surface area contributed by atoms with E-state index in [1.807, 2.05) is 24.3 Å². The lowest BCUT2D eigenvalue weighted by molar-refractivity contribution is -0.138. The predicted molar refractivity (Wildman–Crippen MR) is 85.9 cm³/mol. The van der Waals surface area contributed by atoms with Crippen molar-refractivity contribution in [2.45, 2.75) is 18.3 Å². The van der Waals surface area contributed by atoms with E-state index >= 15 is 0 Å². The first-order valence-corrected chi connectivity index (χ1v) is 8.07. The average Bonchev–Trinajstić information content (AvgIpc) is 2.81. The molecule has 0 N–H and O–H groups in total. The van der Waals surface area contributed by atoms with Crippen LogP contribution in [-0.2, 0) is 15.0 Å². The van der Waals surface area contributed by atoms with Gasteiger partial charge in [0.15, 0.2) is 0 Å². The second-order valence-electron chi connectivity index (χ2n) is 7.09. The number of imide groups is 1. The predicted octanol–water partition coefficient (Wildman–Crippen LogP) is 2.68. The Bertz CT molecular complexity index is 837. The maximum atomic E-state index is 12.9. The zero-order chi connectivity index (χ0) is 15.9. The number of amides is 2. The van der Waals surface area contributed by atoms with Gasteiger partial charge in [0.25, 0.3) is 0 Å². The van der Waals surface area contributed by atoms with Gasteiger partial charge in [0.2, 0.25) is 11.8 Å². The van der Waals surface area contributed by atoms with Gasteiger partial charge in [0.1, 0.15) is 0 Å². The van der Waals surface area contributed by atoms with Crippen LogP contribution in [0.1, 0.15) is 35.1 Å². The molecule has 1 saturated heterocycles. The minimum Gasteiger partial charge on any atom is -0.285 e. The third-order valence-corrected chi connectivity index (χ3v) is 6.26. The lowest BCUT2D eigenvalue weighted by Crippen LogP contribution is -2.51. The maximum Gasteiger partial charge on any atom is 0.234 e. The van der Waals surface area contributed by atoms with Crippen LogP contribution in [-0.4, -0.2) is 23.8 Å². The molecule has 2 aromatic rings. The van der Waals surface area contributed by atoms with Gasteiger partial charge in [-0.15, -0.1) is 0 Å². The normalized spacial score (nSPS) is 33.5. The Hall–Kier alpha value is -2.42. The molecule has 2 atom stereocenters. The fraction of sp³-hybridized carbons (Fsp3) is 0.300. The highest BCUT2D eigenvalue weighted by Crippen LogP contribution is 2.63. The third kappa shape index (κ3) is 1.25. The number of rotatable bonds is 0. The molecule has 1 aliphatic heterocycles. The van der Waals surface area contributed by atoms with Gasteiger partial charge in [0, 0.05) is 18.4 Å². The molecule has 0 aromatic heterocycles. The van der Waals surface area contributed by atoms with Gasteiger partial charge < -0.3 is 0 Å².